The monoisotopic (exact) mass is 260 g/mol. The van der Waals surface area contributed by atoms with Gasteiger partial charge in [-0.15, -0.1) is 0 Å². The maximum absolute atomic E-state index is 5.89. The van der Waals surface area contributed by atoms with Gasteiger partial charge in [0.05, 0.1) is 6.04 Å². The molecule has 19 heavy (non-hydrogen) atoms. The second-order valence-electron chi connectivity index (χ2n) is 5.73. The average Bonchev–Trinajstić information content (AvgIpc) is 2.76. The van der Waals surface area contributed by atoms with Crippen LogP contribution in [0.5, 0.6) is 0 Å². The number of rotatable bonds is 6. The van der Waals surface area contributed by atoms with Gasteiger partial charge in [0.25, 0.3) is 0 Å². The fraction of sp³-hybridized carbons (Fsp3) is 0.500. The normalized spacial score (nSPS) is 13.3. The van der Waals surface area contributed by atoms with Crippen molar-refractivity contribution in [1.29, 1.82) is 0 Å². The molecule has 1 aromatic heterocycles. The summed E-state index contributed by atoms with van der Waals surface area (Å²) in [6.45, 7) is 6.58. The van der Waals surface area contributed by atoms with Gasteiger partial charge in [-0.25, -0.2) is 5.43 Å². The van der Waals surface area contributed by atoms with Crippen molar-refractivity contribution in [3.8, 4) is 0 Å². The highest BCUT2D eigenvalue weighted by atomic mass is 16.3. The molecule has 1 atom stereocenters. The van der Waals surface area contributed by atoms with Crippen LogP contribution in [0.1, 0.15) is 50.5 Å². The van der Waals surface area contributed by atoms with Crippen LogP contribution in [0, 0.1) is 12.8 Å². The molecule has 1 heterocycles. The summed E-state index contributed by atoms with van der Waals surface area (Å²) in [4.78, 5) is 0. The molecule has 104 valence electrons. The second-order valence-corrected chi connectivity index (χ2v) is 5.73. The summed E-state index contributed by atoms with van der Waals surface area (Å²) in [5.41, 5.74) is 5.06. The number of furan rings is 1. The molecule has 1 unspecified atom stereocenters. The molecule has 2 rings (SSSR count). The van der Waals surface area contributed by atoms with Crippen LogP contribution in [0.4, 0.5) is 0 Å². The van der Waals surface area contributed by atoms with Crippen molar-refractivity contribution < 1.29 is 4.42 Å². The molecule has 3 heteroatoms. The molecule has 0 bridgehead atoms. The van der Waals surface area contributed by atoms with E-state index in [9.17, 15) is 0 Å². The van der Waals surface area contributed by atoms with Gasteiger partial charge in [0, 0.05) is 5.39 Å². The van der Waals surface area contributed by atoms with Crippen molar-refractivity contribution in [2.24, 2.45) is 11.8 Å². The summed E-state index contributed by atoms with van der Waals surface area (Å²) in [5, 5.41) is 1.15. The Morgan fingerprint density at radius 3 is 2.68 bits per heavy atom. The molecule has 0 fully saturated rings. The predicted molar refractivity (Wildman–Crippen MR) is 79.7 cm³/mol. The second kappa shape index (κ2) is 6.22. The van der Waals surface area contributed by atoms with E-state index in [2.05, 4.69) is 44.4 Å². The van der Waals surface area contributed by atoms with Crippen LogP contribution in [0.2, 0.25) is 0 Å². The smallest absolute Gasteiger partial charge is 0.134 e. The topological polar surface area (TPSA) is 51.2 Å². The van der Waals surface area contributed by atoms with Crippen LogP contribution in [0.25, 0.3) is 11.0 Å². The summed E-state index contributed by atoms with van der Waals surface area (Å²) < 4.78 is 5.89. The van der Waals surface area contributed by atoms with E-state index in [1.165, 1.54) is 12.0 Å². The summed E-state index contributed by atoms with van der Waals surface area (Å²) in [6, 6.07) is 8.44. The highest BCUT2D eigenvalue weighted by Gasteiger charge is 2.15. The SMILES string of the molecule is Cc1ccc2oc(C(CCCC(C)C)NN)cc2c1. The molecule has 0 amide bonds. The number of nitrogens with two attached hydrogens (primary N) is 1. The molecule has 0 spiro atoms. The number of fused-ring (bicyclic) bond motifs is 1. The van der Waals surface area contributed by atoms with E-state index < -0.39 is 0 Å². The Hall–Kier alpha value is -1.32. The van der Waals surface area contributed by atoms with Crippen molar-refractivity contribution in [1.82, 2.24) is 5.43 Å². The van der Waals surface area contributed by atoms with E-state index in [4.69, 9.17) is 10.3 Å². The Bertz CT molecular complexity index is 531. The molecule has 0 aliphatic rings. The van der Waals surface area contributed by atoms with Crippen LogP contribution in [-0.4, -0.2) is 0 Å². The van der Waals surface area contributed by atoms with Crippen LogP contribution in [0.15, 0.2) is 28.7 Å². The van der Waals surface area contributed by atoms with E-state index in [0.29, 0.717) is 0 Å². The van der Waals surface area contributed by atoms with Gasteiger partial charge in [0.1, 0.15) is 11.3 Å². The fourth-order valence-corrected chi connectivity index (χ4v) is 2.39. The van der Waals surface area contributed by atoms with Gasteiger partial charge >= 0.3 is 0 Å². The van der Waals surface area contributed by atoms with Crippen LogP contribution in [0.3, 0.4) is 0 Å². The Morgan fingerprint density at radius 2 is 2.00 bits per heavy atom. The van der Waals surface area contributed by atoms with Crippen LogP contribution in [-0.2, 0) is 0 Å². The zero-order valence-corrected chi connectivity index (χ0v) is 12.1. The molecule has 2 aromatic rings. The van der Waals surface area contributed by atoms with E-state index in [0.717, 1.165) is 35.5 Å². The lowest BCUT2D eigenvalue weighted by Crippen LogP contribution is -2.27. The molecule has 0 aliphatic heterocycles. The zero-order chi connectivity index (χ0) is 13.8. The number of hydrogen-bond donors (Lipinski definition) is 2. The summed E-state index contributed by atoms with van der Waals surface area (Å²) in [7, 11) is 0. The van der Waals surface area contributed by atoms with Gasteiger partial charge in [-0.3, -0.25) is 5.84 Å². The molecule has 0 saturated carbocycles. The molecule has 0 saturated heterocycles. The standard InChI is InChI=1S/C16H24N2O/c1-11(2)5-4-6-14(18-17)16-10-13-9-12(3)7-8-15(13)19-16/h7-11,14,18H,4-6,17H2,1-3H3. The highest BCUT2D eigenvalue weighted by Crippen LogP contribution is 2.27. The number of hydrazine groups is 1. The van der Waals surface area contributed by atoms with Crippen molar-refractivity contribution in [3.05, 3.63) is 35.6 Å². The van der Waals surface area contributed by atoms with Gasteiger partial charge in [-0.1, -0.05) is 38.3 Å². The lowest BCUT2D eigenvalue weighted by molar-refractivity contribution is 0.393. The Kier molecular flexibility index (Phi) is 4.61. The Balaban J connectivity index is 2.11. The first-order valence-electron chi connectivity index (χ1n) is 7.06. The molecule has 3 N–H and O–H groups in total. The minimum atomic E-state index is 0.103. The third kappa shape index (κ3) is 3.58. The molecular weight excluding hydrogens is 236 g/mol. The largest absolute Gasteiger partial charge is 0.459 e. The third-order valence-electron chi connectivity index (χ3n) is 3.51. The minimum absolute atomic E-state index is 0.103. The predicted octanol–water partition coefficient (Wildman–Crippen LogP) is 4.07. The molecule has 0 radical (unpaired) electrons. The zero-order valence-electron chi connectivity index (χ0n) is 12.1. The van der Waals surface area contributed by atoms with E-state index in [-0.39, 0.29) is 6.04 Å². The Labute approximate surface area is 115 Å². The van der Waals surface area contributed by atoms with E-state index >= 15 is 0 Å². The van der Waals surface area contributed by atoms with Crippen molar-refractivity contribution >= 4 is 11.0 Å². The first-order chi connectivity index (χ1) is 9.10. The van der Waals surface area contributed by atoms with Crippen molar-refractivity contribution in [2.45, 2.75) is 46.1 Å². The summed E-state index contributed by atoms with van der Waals surface area (Å²) in [5.74, 6) is 7.33. The lowest BCUT2D eigenvalue weighted by Gasteiger charge is -2.13. The van der Waals surface area contributed by atoms with Gasteiger partial charge in [0.15, 0.2) is 0 Å². The minimum Gasteiger partial charge on any atom is -0.459 e. The Morgan fingerprint density at radius 1 is 1.21 bits per heavy atom. The quantitative estimate of drug-likeness (QED) is 0.608. The number of hydrogen-bond acceptors (Lipinski definition) is 3. The molecular formula is C16H24N2O. The van der Waals surface area contributed by atoms with Crippen LogP contribution < -0.4 is 11.3 Å². The first kappa shape index (κ1) is 14.1. The number of aryl methyl sites for hydroxylation is 1. The summed E-state index contributed by atoms with van der Waals surface area (Å²) in [6.07, 6.45) is 3.38. The molecule has 0 aliphatic carbocycles. The fourth-order valence-electron chi connectivity index (χ4n) is 2.39. The van der Waals surface area contributed by atoms with Gasteiger partial charge in [0.2, 0.25) is 0 Å². The first-order valence-corrected chi connectivity index (χ1v) is 7.06. The lowest BCUT2D eigenvalue weighted by atomic mass is 10.0. The van der Waals surface area contributed by atoms with Gasteiger partial charge < -0.3 is 4.42 Å². The van der Waals surface area contributed by atoms with Crippen LogP contribution >= 0.6 is 0 Å². The summed E-state index contributed by atoms with van der Waals surface area (Å²) >= 11 is 0. The van der Waals surface area contributed by atoms with Gasteiger partial charge in [-0.2, -0.15) is 0 Å². The number of nitrogens with one attached hydrogen (secondary N) is 1. The van der Waals surface area contributed by atoms with Crippen molar-refractivity contribution in [2.75, 3.05) is 0 Å². The number of benzene rings is 1. The maximum atomic E-state index is 5.89. The van der Waals surface area contributed by atoms with E-state index in [1.807, 2.05) is 6.07 Å². The van der Waals surface area contributed by atoms with Gasteiger partial charge in [-0.05, 0) is 37.5 Å². The molecule has 3 nitrogen and oxygen atoms in total. The third-order valence-corrected chi connectivity index (χ3v) is 3.51. The van der Waals surface area contributed by atoms with E-state index in [1.54, 1.807) is 0 Å². The molecule has 1 aromatic carbocycles. The maximum Gasteiger partial charge on any atom is 0.134 e. The highest BCUT2D eigenvalue weighted by molar-refractivity contribution is 5.78. The van der Waals surface area contributed by atoms with Crippen molar-refractivity contribution in [3.63, 3.8) is 0 Å². The average molecular weight is 260 g/mol.